The molecule has 88 valence electrons. The van der Waals surface area contributed by atoms with Crippen LogP contribution in [0.4, 0.5) is 0 Å². The van der Waals surface area contributed by atoms with E-state index in [-0.39, 0.29) is 5.91 Å². The molecule has 1 fully saturated rings. The monoisotopic (exact) mass is 212 g/mol. The van der Waals surface area contributed by atoms with Crippen LogP contribution < -0.4 is 0 Å². The molecule has 3 heteroatoms. The maximum Gasteiger partial charge on any atom is 0.236 e. The van der Waals surface area contributed by atoms with Gasteiger partial charge >= 0.3 is 0 Å². The maximum absolute atomic E-state index is 11.6. The molecule has 1 rings (SSSR count). The highest BCUT2D eigenvalue weighted by atomic mass is 16.2. The standard InChI is InChI=1S/C12H24N2O/c1-10(2)7-8-14(11-5-6-11)9-12(15)13(3)4/h10-11H,5-9H2,1-4H3. The van der Waals surface area contributed by atoms with Crippen molar-refractivity contribution >= 4 is 5.91 Å². The van der Waals surface area contributed by atoms with Gasteiger partial charge in [-0.2, -0.15) is 0 Å². The van der Waals surface area contributed by atoms with Crippen LogP contribution in [0.3, 0.4) is 0 Å². The number of hydrogen-bond acceptors (Lipinski definition) is 2. The summed E-state index contributed by atoms with van der Waals surface area (Å²) in [5.41, 5.74) is 0. The van der Waals surface area contributed by atoms with Gasteiger partial charge in [0.25, 0.3) is 0 Å². The Hall–Kier alpha value is -0.570. The molecule has 0 aromatic rings. The van der Waals surface area contributed by atoms with E-state index in [2.05, 4.69) is 18.7 Å². The lowest BCUT2D eigenvalue weighted by Crippen LogP contribution is -2.38. The normalized spacial score (nSPS) is 16.1. The average molecular weight is 212 g/mol. The first kappa shape index (κ1) is 12.5. The van der Waals surface area contributed by atoms with Crippen molar-refractivity contribution < 1.29 is 4.79 Å². The second-order valence-electron chi connectivity index (χ2n) is 5.17. The van der Waals surface area contributed by atoms with Crippen LogP contribution in [-0.2, 0) is 4.79 Å². The van der Waals surface area contributed by atoms with Crippen LogP contribution in [0.25, 0.3) is 0 Å². The van der Waals surface area contributed by atoms with Gasteiger partial charge in [-0.15, -0.1) is 0 Å². The van der Waals surface area contributed by atoms with Crippen molar-refractivity contribution in [1.29, 1.82) is 0 Å². The van der Waals surface area contributed by atoms with Crippen LogP contribution in [0.15, 0.2) is 0 Å². The number of rotatable bonds is 6. The van der Waals surface area contributed by atoms with Crippen molar-refractivity contribution in [2.75, 3.05) is 27.2 Å². The molecular weight excluding hydrogens is 188 g/mol. The summed E-state index contributed by atoms with van der Waals surface area (Å²) < 4.78 is 0. The minimum Gasteiger partial charge on any atom is -0.348 e. The number of amides is 1. The lowest BCUT2D eigenvalue weighted by molar-refractivity contribution is -0.130. The maximum atomic E-state index is 11.6. The van der Waals surface area contributed by atoms with E-state index < -0.39 is 0 Å². The van der Waals surface area contributed by atoms with Gasteiger partial charge < -0.3 is 4.90 Å². The second-order valence-corrected chi connectivity index (χ2v) is 5.17. The molecule has 1 amide bonds. The van der Waals surface area contributed by atoms with Gasteiger partial charge in [-0.3, -0.25) is 9.69 Å². The van der Waals surface area contributed by atoms with Gasteiger partial charge in [-0.05, 0) is 31.7 Å². The molecule has 15 heavy (non-hydrogen) atoms. The summed E-state index contributed by atoms with van der Waals surface area (Å²) in [6.07, 6.45) is 3.74. The van der Waals surface area contributed by atoms with Gasteiger partial charge in [-0.1, -0.05) is 13.8 Å². The SMILES string of the molecule is CC(C)CCN(CC(=O)N(C)C)C1CC1. The average Bonchev–Trinajstić information content (AvgIpc) is 2.94. The van der Waals surface area contributed by atoms with E-state index in [9.17, 15) is 4.79 Å². The zero-order chi connectivity index (χ0) is 11.4. The van der Waals surface area contributed by atoms with Gasteiger partial charge in [0, 0.05) is 20.1 Å². The summed E-state index contributed by atoms with van der Waals surface area (Å²) in [5.74, 6) is 0.950. The first-order valence-corrected chi connectivity index (χ1v) is 5.95. The Balaban J connectivity index is 2.33. The Morgan fingerprint density at radius 1 is 1.33 bits per heavy atom. The Labute approximate surface area is 93.4 Å². The van der Waals surface area contributed by atoms with E-state index in [1.165, 1.54) is 19.3 Å². The molecule has 0 atom stereocenters. The zero-order valence-electron chi connectivity index (χ0n) is 10.5. The molecule has 3 nitrogen and oxygen atoms in total. The molecule has 0 heterocycles. The summed E-state index contributed by atoms with van der Waals surface area (Å²) >= 11 is 0. The molecule has 0 saturated heterocycles. The van der Waals surface area contributed by atoms with E-state index in [4.69, 9.17) is 0 Å². The minimum atomic E-state index is 0.227. The summed E-state index contributed by atoms with van der Waals surface area (Å²) in [6.45, 7) is 6.14. The van der Waals surface area contributed by atoms with Crippen LogP contribution in [-0.4, -0.2) is 48.9 Å². The van der Waals surface area contributed by atoms with Gasteiger partial charge in [0.1, 0.15) is 0 Å². The third kappa shape index (κ3) is 4.65. The van der Waals surface area contributed by atoms with Gasteiger partial charge in [0.05, 0.1) is 6.54 Å². The Bertz CT molecular complexity index is 210. The van der Waals surface area contributed by atoms with E-state index in [0.717, 1.165) is 12.5 Å². The van der Waals surface area contributed by atoms with Crippen LogP contribution >= 0.6 is 0 Å². The zero-order valence-corrected chi connectivity index (χ0v) is 10.5. The third-order valence-corrected chi connectivity index (χ3v) is 2.89. The van der Waals surface area contributed by atoms with E-state index in [0.29, 0.717) is 12.6 Å². The molecule has 1 saturated carbocycles. The van der Waals surface area contributed by atoms with Crippen LogP contribution in [0, 0.1) is 5.92 Å². The number of likely N-dealkylation sites (N-methyl/N-ethyl adjacent to an activating group) is 1. The Morgan fingerprint density at radius 2 is 1.93 bits per heavy atom. The van der Waals surface area contributed by atoms with Crippen molar-refractivity contribution in [3.63, 3.8) is 0 Å². The minimum absolute atomic E-state index is 0.227. The Kier molecular flexibility index (Phi) is 4.58. The first-order valence-electron chi connectivity index (χ1n) is 5.95. The fraction of sp³-hybridized carbons (Fsp3) is 0.917. The molecular formula is C12H24N2O. The van der Waals surface area contributed by atoms with Gasteiger partial charge in [-0.25, -0.2) is 0 Å². The number of nitrogens with zero attached hydrogens (tertiary/aromatic N) is 2. The molecule has 0 aromatic heterocycles. The lowest BCUT2D eigenvalue weighted by Gasteiger charge is -2.23. The molecule has 1 aliphatic carbocycles. The molecule has 0 radical (unpaired) electrons. The molecule has 0 aromatic carbocycles. The van der Waals surface area contributed by atoms with Crippen LogP contribution in [0.2, 0.25) is 0 Å². The first-order chi connectivity index (χ1) is 7.00. The fourth-order valence-electron chi connectivity index (χ4n) is 1.57. The van der Waals surface area contributed by atoms with Crippen molar-refractivity contribution in [2.45, 2.75) is 39.2 Å². The fourth-order valence-corrected chi connectivity index (χ4v) is 1.57. The Morgan fingerprint density at radius 3 is 2.33 bits per heavy atom. The molecule has 0 N–H and O–H groups in total. The highest BCUT2D eigenvalue weighted by Crippen LogP contribution is 2.27. The number of hydrogen-bond donors (Lipinski definition) is 0. The lowest BCUT2D eigenvalue weighted by atomic mass is 10.1. The second kappa shape index (κ2) is 5.50. The highest BCUT2D eigenvalue weighted by Gasteiger charge is 2.30. The van der Waals surface area contributed by atoms with Crippen molar-refractivity contribution in [3.8, 4) is 0 Å². The van der Waals surface area contributed by atoms with Crippen molar-refractivity contribution in [3.05, 3.63) is 0 Å². The largest absolute Gasteiger partial charge is 0.348 e. The molecule has 0 bridgehead atoms. The summed E-state index contributed by atoms with van der Waals surface area (Å²) in [5, 5.41) is 0. The molecule has 0 spiro atoms. The third-order valence-electron chi connectivity index (χ3n) is 2.89. The summed E-state index contributed by atoms with van der Waals surface area (Å²) in [7, 11) is 3.66. The summed E-state index contributed by atoms with van der Waals surface area (Å²) in [4.78, 5) is 15.6. The molecule has 0 unspecified atom stereocenters. The van der Waals surface area contributed by atoms with Crippen molar-refractivity contribution in [1.82, 2.24) is 9.80 Å². The van der Waals surface area contributed by atoms with Gasteiger partial charge in [0.2, 0.25) is 5.91 Å². The van der Waals surface area contributed by atoms with E-state index >= 15 is 0 Å². The van der Waals surface area contributed by atoms with Crippen LogP contribution in [0.1, 0.15) is 33.1 Å². The quantitative estimate of drug-likeness (QED) is 0.667. The van der Waals surface area contributed by atoms with Gasteiger partial charge in [0.15, 0.2) is 0 Å². The highest BCUT2D eigenvalue weighted by molar-refractivity contribution is 5.77. The molecule has 0 aliphatic heterocycles. The van der Waals surface area contributed by atoms with Crippen molar-refractivity contribution in [2.24, 2.45) is 5.92 Å². The van der Waals surface area contributed by atoms with Crippen LogP contribution in [0.5, 0.6) is 0 Å². The summed E-state index contributed by atoms with van der Waals surface area (Å²) in [6, 6.07) is 0.688. The number of carbonyl (C=O) groups is 1. The van der Waals surface area contributed by atoms with E-state index in [1.807, 2.05) is 14.1 Å². The topological polar surface area (TPSA) is 23.6 Å². The number of carbonyl (C=O) groups excluding carboxylic acids is 1. The smallest absolute Gasteiger partial charge is 0.236 e. The predicted octanol–water partition coefficient (Wildman–Crippen LogP) is 1.59. The predicted molar refractivity (Wildman–Crippen MR) is 62.7 cm³/mol. The van der Waals surface area contributed by atoms with E-state index in [1.54, 1.807) is 4.90 Å². The molecule has 1 aliphatic rings.